The number of pyridine rings is 1. The van der Waals surface area contributed by atoms with Gasteiger partial charge in [-0.1, -0.05) is 6.92 Å². The van der Waals surface area contributed by atoms with Crippen LogP contribution in [-0.2, 0) is 0 Å². The molecule has 1 radical (unpaired) electrons. The third-order valence-electron chi connectivity index (χ3n) is 2.74. The van der Waals surface area contributed by atoms with E-state index in [4.69, 9.17) is 0 Å². The summed E-state index contributed by atoms with van der Waals surface area (Å²) in [6.45, 7) is 7.85. The van der Waals surface area contributed by atoms with Crippen LogP contribution in [0.4, 0.5) is 5.82 Å². The highest BCUT2D eigenvalue weighted by Gasteiger charge is 2.15. The number of aromatic nitrogens is 1. The number of piperazine rings is 1. The Morgan fingerprint density at radius 2 is 2.14 bits per heavy atom. The Balaban J connectivity index is 1.96. The molecule has 1 aliphatic heterocycles. The van der Waals surface area contributed by atoms with E-state index in [2.05, 4.69) is 27.8 Å². The second-order valence-corrected chi connectivity index (χ2v) is 3.54. The van der Waals surface area contributed by atoms with Crippen LogP contribution in [0.1, 0.15) is 6.92 Å². The maximum Gasteiger partial charge on any atom is 0.128 e. The number of rotatable bonds is 2. The van der Waals surface area contributed by atoms with Gasteiger partial charge in [-0.15, -0.1) is 0 Å². The molecule has 1 aromatic rings. The van der Waals surface area contributed by atoms with Crippen molar-refractivity contribution < 1.29 is 0 Å². The van der Waals surface area contributed by atoms with Crippen molar-refractivity contribution in [2.45, 2.75) is 6.92 Å². The van der Waals surface area contributed by atoms with Crippen LogP contribution in [0.2, 0.25) is 0 Å². The third kappa shape index (κ3) is 2.04. The Hall–Kier alpha value is -1.09. The molecule has 0 unspecified atom stereocenters. The molecule has 0 amide bonds. The maximum absolute atomic E-state index is 4.31. The predicted octanol–water partition coefficient (Wildman–Crippen LogP) is 1.02. The van der Waals surface area contributed by atoms with Gasteiger partial charge in [0.25, 0.3) is 0 Å². The van der Waals surface area contributed by atoms with Crippen molar-refractivity contribution in [3.8, 4) is 0 Å². The average molecular weight is 190 g/mol. The van der Waals surface area contributed by atoms with Crippen molar-refractivity contribution in [3.63, 3.8) is 0 Å². The summed E-state index contributed by atoms with van der Waals surface area (Å²) in [7, 11) is 0. The van der Waals surface area contributed by atoms with Gasteiger partial charge in [0, 0.05) is 38.4 Å². The van der Waals surface area contributed by atoms with Crippen molar-refractivity contribution in [1.82, 2.24) is 9.88 Å². The third-order valence-corrected chi connectivity index (χ3v) is 2.74. The molecule has 1 saturated heterocycles. The fraction of sp³-hybridized carbons (Fsp3) is 0.545. The number of anilines is 1. The molecule has 1 aromatic heterocycles. The lowest BCUT2D eigenvalue weighted by atomic mass is 10.3. The first-order valence-electron chi connectivity index (χ1n) is 5.19. The van der Waals surface area contributed by atoms with Crippen LogP contribution in [0.3, 0.4) is 0 Å². The van der Waals surface area contributed by atoms with E-state index in [1.165, 1.54) is 0 Å². The number of hydrogen-bond acceptors (Lipinski definition) is 3. The lowest BCUT2D eigenvalue weighted by Gasteiger charge is -2.34. The van der Waals surface area contributed by atoms with Crippen LogP contribution in [0.25, 0.3) is 0 Å². The summed E-state index contributed by atoms with van der Waals surface area (Å²) in [5.41, 5.74) is 0. The Morgan fingerprint density at radius 3 is 2.71 bits per heavy atom. The fourth-order valence-corrected chi connectivity index (χ4v) is 1.79. The summed E-state index contributed by atoms with van der Waals surface area (Å²) in [5, 5.41) is 0. The molecular formula is C11H16N3. The zero-order valence-corrected chi connectivity index (χ0v) is 8.61. The fourth-order valence-electron chi connectivity index (χ4n) is 1.79. The molecule has 3 nitrogen and oxygen atoms in total. The van der Waals surface area contributed by atoms with Crippen LogP contribution in [0.15, 0.2) is 18.3 Å². The van der Waals surface area contributed by atoms with Gasteiger partial charge in [-0.3, -0.25) is 0 Å². The largest absolute Gasteiger partial charge is 0.354 e. The molecule has 3 heteroatoms. The summed E-state index contributed by atoms with van der Waals surface area (Å²) >= 11 is 0. The molecule has 1 fully saturated rings. The normalized spacial score (nSPS) is 18.5. The maximum atomic E-state index is 4.31. The molecule has 2 rings (SSSR count). The molecule has 14 heavy (non-hydrogen) atoms. The van der Waals surface area contributed by atoms with Crippen LogP contribution < -0.4 is 4.90 Å². The minimum atomic E-state index is 1.08. The molecule has 1 aliphatic rings. The van der Waals surface area contributed by atoms with Crippen LogP contribution >= 0.6 is 0 Å². The minimum absolute atomic E-state index is 1.08. The van der Waals surface area contributed by atoms with Gasteiger partial charge in [-0.05, 0) is 18.7 Å². The van der Waals surface area contributed by atoms with E-state index in [9.17, 15) is 0 Å². The highest BCUT2D eigenvalue weighted by molar-refractivity contribution is 5.37. The van der Waals surface area contributed by atoms with Gasteiger partial charge < -0.3 is 9.80 Å². The summed E-state index contributed by atoms with van der Waals surface area (Å²) in [6, 6.07) is 6.90. The van der Waals surface area contributed by atoms with Crippen LogP contribution in [0.5, 0.6) is 0 Å². The highest BCUT2D eigenvalue weighted by atomic mass is 15.3. The second kappa shape index (κ2) is 4.42. The van der Waals surface area contributed by atoms with Crippen LogP contribution in [-0.4, -0.2) is 42.6 Å². The quantitative estimate of drug-likeness (QED) is 0.694. The van der Waals surface area contributed by atoms with Gasteiger partial charge in [0.15, 0.2) is 0 Å². The Morgan fingerprint density at radius 1 is 1.36 bits per heavy atom. The minimum Gasteiger partial charge on any atom is -0.354 e. The predicted molar refractivity (Wildman–Crippen MR) is 57.4 cm³/mol. The number of likely N-dealkylation sites (N-methyl/N-ethyl adjacent to an activating group) is 1. The van der Waals surface area contributed by atoms with Gasteiger partial charge in [-0.2, -0.15) is 0 Å². The molecule has 0 saturated carbocycles. The number of nitrogens with zero attached hydrogens (tertiary/aromatic N) is 3. The Kier molecular flexibility index (Phi) is 2.99. The van der Waals surface area contributed by atoms with E-state index in [0.29, 0.717) is 0 Å². The lowest BCUT2D eigenvalue weighted by molar-refractivity contribution is 0.270. The van der Waals surface area contributed by atoms with Crippen molar-refractivity contribution in [2.24, 2.45) is 0 Å². The topological polar surface area (TPSA) is 19.4 Å². The van der Waals surface area contributed by atoms with Gasteiger partial charge in [0.1, 0.15) is 5.82 Å². The van der Waals surface area contributed by atoms with Crippen molar-refractivity contribution in [3.05, 3.63) is 24.4 Å². The van der Waals surface area contributed by atoms with E-state index in [1.54, 1.807) is 6.20 Å². The van der Waals surface area contributed by atoms with E-state index in [1.807, 2.05) is 12.1 Å². The zero-order chi connectivity index (χ0) is 9.80. The van der Waals surface area contributed by atoms with Gasteiger partial charge in [0.2, 0.25) is 0 Å². The summed E-state index contributed by atoms with van der Waals surface area (Å²) in [4.78, 5) is 9.10. The molecule has 0 aromatic carbocycles. The molecule has 0 atom stereocenters. The smallest absolute Gasteiger partial charge is 0.128 e. The molecule has 0 spiro atoms. The molecule has 0 aliphatic carbocycles. The highest BCUT2D eigenvalue weighted by Crippen LogP contribution is 2.11. The van der Waals surface area contributed by atoms with Crippen molar-refractivity contribution in [2.75, 3.05) is 37.6 Å². The molecule has 0 bridgehead atoms. The molecule has 2 heterocycles. The van der Waals surface area contributed by atoms with Crippen LogP contribution in [0, 0.1) is 6.07 Å². The van der Waals surface area contributed by atoms with Crippen molar-refractivity contribution in [1.29, 1.82) is 0 Å². The first kappa shape index (κ1) is 9.46. The van der Waals surface area contributed by atoms with Gasteiger partial charge >= 0.3 is 0 Å². The average Bonchev–Trinajstić information content (AvgIpc) is 2.30. The Bertz CT molecular complexity index is 265. The van der Waals surface area contributed by atoms with E-state index in [-0.39, 0.29) is 0 Å². The SMILES string of the molecule is CCN1CCN(c2cc[c]cn2)CC1. The summed E-state index contributed by atoms with van der Waals surface area (Å²) in [6.07, 6.45) is 1.74. The first-order valence-corrected chi connectivity index (χ1v) is 5.19. The van der Waals surface area contributed by atoms with Gasteiger partial charge in [-0.25, -0.2) is 4.98 Å². The van der Waals surface area contributed by atoms with Crippen molar-refractivity contribution >= 4 is 5.82 Å². The van der Waals surface area contributed by atoms with Gasteiger partial charge in [0.05, 0.1) is 0 Å². The second-order valence-electron chi connectivity index (χ2n) is 3.54. The van der Waals surface area contributed by atoms with E-state index in [0.717, 1.165) is 38.5 Å². The number of hydrogen-bond donors (Lipinski definition) is 0. The monoisotopic (exact) mass is 190 g/mol. The zero-order valence-electron chi connectivity index (χ0n) is 8.61. The summed E-state index contributed by atoms with van der Waals surface area (Å²) < 4.78 is 0. The summed E-state index contributed by atoms with van der Waals surface area (Å²) in [5.74, 6) is 1.08. The Labute approximate surface area is 85.4 Å². The molecule has 0 N–H and O–H groups in total. The first-order chi connectivity index (χ1) is 6.90. The molecule has 75 valence electrons. The van der Waals surface area contributed by atoms with E-state index < -0.39 is 0 Å². The van der Waals surface area contributed by atoms with E-state index >= 15 is 0 Å². The molecular weight excluding hydrogens is 174 g/mol. The lowest BCUT2D eigenvalue weighted by Crippen LogP contribution is -2.46. The standard InChI is InChI=1S/C11H16N3/c1-2-13-7-9-14(10-8-13)11-5-3-4-6-12-11/h3,5-6H,2,7-10H2,1H3.